The Bertz CT molecular complexity index is 525. The van der Waals surface area contributed by atoms with Crippen molar-refractivity contribution in [1.29, 1.82) is 0 Å². The predicted molar refractivity (Wildman–Crippen MR) is 73.4 cm³/mol. The fraction of sp³-hybridized carbons (Fsp3) is 0.467. The third kappa shape index (κ3) is 3.39. The first-order valence-corrected chi connectivity index (χ1v) is 6.76. The highest BCUT2D eigenvalue weighted by atomic mass is 19.1. The van der Waals surface area contributed by atoms with Crippen molar-refractivity contribution >= 4 is 11.9 Å². The third-order valence-corrected chi connectivity index (χ3v) is 3.73. The fourth-order valence-corrected chi connectivity index (χ4v) is 2.44. The highest BCUT2D eigenvalue weighted by Gasteiger charge is 2.53. The molecule has 2 rings (SSSR count). The van der Waals surface area contributed by atoms with Crippen molar-refractivity contribution in [2.75, 3.05) is 26.8 Å². The Balaban J connectivity index is 2.18. The van der Waals surface area contributed by atoms with E-state index in [0.717, 1.165) is 5.56 Å². The Labute approximate surface area is 122 Å². The molecule has 1 aliphatic carbocycles. The van der Waals surface area contributed by atoms with Gasteiger partial charge in [-0.05, 0) is 30.5 Å². The van der Waals surface area contributed by atoms with E-state index in [1.54, 1.807) is 12.1 Å². The number of nitrogens with zero attached hydrogens (tertiary/aromatic N) is 1. The maximum Gasteiger partial charge on any atom is 0.323 e. The molecule has 0 aromatic heterocycles. The summed E-state index contributed by atoms with van der Waals surface area (Å²) in [5.74, 6) is -1.65. The summed E-state index contributed by atoms with van der Waals surface area (Å²) in [7, 11) is 1.50. The van der Waals surface area contributed by atoms with Crippen LogP contribution in [-0.4, -0.2) is 48.7 Å². The average Bonchev–Trinajstić information content (AvgIpc) is 3.24. The second kappa shape index (κ2) is 6.22. The maximum absolute atomic E-state index is 13.0. The molecule has 1 aliphatic rings. The maximum atomic E-state index is 13.0. The minimum atomic E-state index is -1.06. The summed E-state index contributed by atoms with van der Waals surface area (Å²) >= 11 is 0. The number of carbonyl (C=O) groups excluding carboxylic acids is 1. The molecule has 0 spiro atoms. The van der Waals surface area contributed by atoms with Gasteiger partial charge in [-0.3, -0.25) is 9.59 Å². The van der Waals surface area contributed by atoms with Gasteiger partial charge in [-0.2, -0.15) is 0 Å². The molecule has 0 atom stereocenters. The molecule has 1 aromatic carbocycles. The number of carboxylic acid groups (broad SMARTS) is 1. The second-order valence-corrected chi connectivity index (χ2v) is 5.20. The van der Waals surface area contributed by atoms with E-state index in [4.69, 9.17) is 9.84 Å². The lowest BCUT2D eigenvalue weighted by Crippen LogP contribution is -2.43. The van der Waals surface area contributed by atoms with E-state index in [1.165, 1.54) is 24.1 Å². The van der Waals surface area contributed by atoms with E-state index in [-0.39, 0.29) is 31.4 Å². The Hall–Kier alpha value is -1.95. The number of carboxylic acids is 1. The number of rotatable bonds is 7. The summed E-state index contributed by atoms with van der Waals surface area (Å²) in [6.07, 6.45) is 1.31. The van der Waals surface area contributed by atoms with Gasteiger partial charge in [0.15, 0.2) is 0 Å². The van der Waals surface area contributed by atoms with E-state index in [9.17, 15) is 14.0 Å². The van der Waals surface area contributed by atoms with Crippen molar-refractivity contribution in [2.24, 2.45) is 0 Å². The number of carbonyl (C=O) groups is 2. The molecule has 0 aliphatic heterocycles. The SMILES string of the molecule is COCCN(CC(=O)O)C(=O)C1(c2ccc(F)cc2)CC1. The van der Waals surface area contributed by atoms with Gasteiger partial charge in [0, 0.05) is 13.7 Å². The zero-order chi connectivity index (χ0) is 15.5. The predicted octanol–water partition coefficient (Wildman–Crippen LogP) is 1.42. The lowest BCUT2D eigenvalue weighted by molar-refractivity contribution is -0.146. The Morgan fingerprint density at radius 2 is 1.95 bits per heavy atom. The molecule has 5 nitrogen and oxygen atoms in total. The van der Waals surface area contributed by atoms with E-state index in [2.05, 4.69) is 0 Å². The van der Waals surface area contributed by atoms with Gasteiger partial charge in [-0.1, -0.05) is 12.1 Å². The molecule has 0 unspecified atom stereocenters. The van der Waals surface area contributed by atoms with Gasteiger partial charge in [0.2, 0.25) is 5.91 Å². The van der Waals surface area contributed by atoms with Crippen LogP contribution < -0.4 is 0 Å². The summed E-state index contributed by atoms with van der Waals surface area (Å²) in [5, 5.41) is 8.94. The smallest absolute Gasteiger partial charge is 0.323 e. The molecule has 0 heterocycles. The molecular formula is C15H18FNO4. The number of halogens is 1. The number of hydrogen-bond acceptors (Lipinski definition) is 3. The van der Waals surface area contributed by atoms with E-state index < -0.39 is 11.4 Å². The number of hydrogen-bond donors (Lipinski definition) is 1. The van der Waals surface area contributed by atoms with Crippen LogP contribution in [-0.2, 0) is 19.7 Å². The highest BCUT2D eigenvalue weighted by Crippen LogP contribution is 2.49. The quantitative estimate of drug-likeness (QED) is 0.826. The summed E-state index contributed by atoms with van der Waals surface area (Å²) in [6, 6.07) is 5.82. The summed E-state index contributed by atoms with van der Waals surface area (Å²) in [6.45, 7) is 0.147. The van der Waals surface area contributed by atoms with Gasteiger partial charge in [-0.25, -0.2) is 4.39 Å². The molecule has 1 fully saturated rings. The molecule has 1 saturated carbocycles. The van der Waals surface area contributed by atoms with Crippen LogP contribution in [0.15, 0.2) is 24.3 Å². The Morgan fingerprint density at radius 1 is 1.33 bits per heavy atom. The van der Waals surface area contributed by atoms with Crippen LogP contribution in [0.25, 0.3) is 0 Å². The zero-order valence-electron chi connectivity index (χ0n) is 11.8. The summed E-state index contributed by atoms with van der Waals surface area (Å²) < 4.78 is 17.9. The first-order valence-electron chi connectivity index (χ1n) is 6.76. The Kier molecular flexibility index (Phi) is 4.57. The summed E-state index contributed by atoms with van der Waals surface area (Å²) in [4.78, 5) is 24.9. The second-order valence-electron chi connectivity index (χ2n) is 5.20. The third-order valence-electron chi connectivity index (χ3n) is 3.73. The van der Waals surface area contributed by atoms with Crippen molar-refractivity contribution in [3.8, 4) is 0 Å². The lowest BCUT2D eigenvalue weighted by Gasteiger charge is -2.26. The van der Waals surface area contributed by atoms with Crippen LogP contribution in [0.2, 0.25) is 0 Å². The molecule has 6 heteroatoms. The molecule has 1 N–H and O–H groups in total. The molecule has 0 bridgehead atoms. The highest BCUT2D eigenvalue weighted by molar-refractivity contribution is 5.93. The number of methoxy groups -OCH3 is 1. The minimum Gasteiger partial charge on any atom is -0.480 e. The molecular weight excluding hydrogens is 277 g/mol. The first-order chi connectivity index (χ1) is 9.99. The van der Waals surface area contributed by atoms with Crippen LogP contribution in [0.3, 0.4) is 0 Å². The number of amides is 1. The number of aliphatic carboxylic acids is 1. The fourth-order valence-electron chi connectivity index (χ4n) is 2.44. The van der Waals surface area contributed by atoms with Gasteiger partial charge < -0.3 is 14.7 Å². The van der Waals surface area contributed by atoms with Gasteiger partial charge in [0.25, 0.3) is 0 Å². The average molecular weight is 295 g/mol. The van der Waals surface area contributed by atoms with E-state index >= 15 is 0 Å². The van der Waals surface area contributed by atoms with Crippen LogP contribution in [0, 0.1) is 5.82 Å². The van der Waals surface area contributed by atoms with Gasteiger partial charge in [-0.15, -0.1) is 0 Å². The van der Waals surface area contributed by atoms with Gasteiger partial charge >= 0.3 is 5.97 Å². The van der Waals surface area contributed by atoms with E-state index in [1.807, 2.05) is 0 Å². The van der Waals surface area contributed by atoms with Crippen LogP contribution >= 0.6 is 0 Å². The minimum absolute atomic E-state index is 0.227. The molecule has 21 heavy (non-hydrogen) atoms. The monoisotopic (exact) mass is 295 g/mol. The normalized spacial score (nSPS) is 15.5. The van der Waals surface area contributed by atoms with Crippen LogP contribution in [0.1, 0.15) is 18.4 Å². The first kappa shape index (κ1) is 15.4. The van der Waals surface area contributed by atoms with Crippen molar-refractivity contribution in [3.05, 3.63) is 35.6 Å². The Morgan fingerprint density at radius 3 is 2.43 bits per heavy atom. The van der Waals surface area contributed by atoms with Crippen LogP contribution in [0.4, 0.5) is 4.39 Å². The molecule has 1 aromatic rings. The molecule has 0 saturated heterocycles. The largest absolute Gasteiger partial charge is 0.480 e. The molecule has 114 valence electrons. The van der Waals surface area contributed by atoms with Crippen molar-refractivity contribution < 1.29 is 23.8 Å². The van der Waals surface area contributed by atoms with E-state index in [0.29, 0.717) is 12.8 Å². The number of benzene rings is 1. The van der Waals surface area contributed by atoms with Gasteiger partial charge in [0.1, 0.15) is 12.4 Å². The van der Waals surface area contributed by atoms with Gasteiger partial charge in [0.05, 0.1) is 12.0 Å². The van der Waals surface area contributed by atoms with Crippen molar-refractivity contribution in [2.45, 2.75) is 18.3 Å². The zero-order valence-corrected chi connectivity index (χ0v) is 11.8. The van der Waals surface area contributed by atoms with Crippen LogP contribution in [0.5, 0.6) is 0 Å². The summed E-state index contributed by atoms with van der Waals surface area (Å²) in [5.41, 5.74) is 0.0402. The lowest BCUT2D eigenvalue weighted by atomic mass is 9.94. The standard InChI is InChI=1S/C15H18FNO4/c1-21-9-8-17(10-13(18)19)14(20)15(6-7-15)11-2-4-12(16)5-3-11/h2-5H,6-10H2,1H3,(H,18,19). The number of ether oxygens (including phenoxy) is 1. The van der Waals surface area contributed by atoms with Crippen molar-refractivity contribution in [1.82, 2.24) is 4.90 Å². The molecule has 0 radical (unpaired) electrons. The molecule has 1 amide bonds. The topological polar surface area (TPSA) is 66.8 Å². The van der Waals surface area contributed by atoms with Crippen molar-refractivity contribution in [3.63, 3.8) is 0 Å².